The predicted octanol–water partition coefficient (Wildman–Crippen LogP) is 3.34. The molecule has 7 heteroatoms. The number of amides is 4. The van der Waals surface area contributed by atoms with Crippen molar-refractivity contribution in [2.24, 2.45) is 0 Å². The van der Waals surface area contributed by atoms with Gasteiger partial charge in [-0.2, -0.15) is 0 Å². The van der Waals surface area contributed by atoms with E-state index in [9.17, 15) is 14.4 Å². The van der Waals surface area contributed by atoms with Crippen molar-refractivity contribution in [2.75, 3.05) is 11.9 Å². The van der Waals surface area contributed by atoms with Crippen LogP contribution in [0.3, 0.4) is 0 Å². The predicted molar refractivity (Wildman–Crippen MR) is 109 cm³/mol. The van der Waals surface area contributed by atoms with E-state index in [0.717, 1.165) is 28.6 Å². The average molecular weight is 442 g/mol. The molecular formula is C21H20BrN3O3. The summed E-state index contributed by atoms with van der Waals surface area (Å²) in [6.07, 6.45) is 3.21. The van der Waals surface area contributed by atoms with Crippen LogP contribution in [0.4, 0.5) is 10.5 Å². The van der Waals surface area contributed by atoms with Crippen LogP contribution in [0.15, 0.2) is 46.9 Å². The van der Waals surface area contributed by atoms with E-state index in [0.29, 0.717) is 11.3 Å². The van der Waals surface area contributed by atoms with E-state index in [-0.39, 0.29) is 6.54 Å². The lowest BCUT2D eigenvalue weighted by Crippen LogP contribution is -2.42. The molecule has 4 amide bonds. The lowest BCUT2D eigenvalue weighted by Gasteiger charge is -2.22. The molecule has 0 saturated carbocycles. The van der Waals surface area contributed by atoms with Crippen molar-refractivity contribution >= 4 is 39.5 Å². The summed E-state index contributed by atoms with van der Waals surface area (Å²) in [7, 11) is 0. The Morgan fingerprint density at radius 1 is 1.18 bits per heavy atom. The number of urea groups is 1. The second kappa shape index (κ2) is 7.05. The third-order valence-corrected chi connectivity index (χ3v) is 5.85. The van der Waals surface area contributed by atoms with E-state index in [2.05, 4.69) is 26.6 Å². The molecule has 144 valence electrons. The summed E-state index contributed by atoms with van der Waals surface area (Å²) in [6.45, 7) is 1.32. The molecule has 1 saturated heterocycles. The smallest absolute Gasteiger partial charge is 0.325 e. The number of hydrogen-bond donors (Lipinski definition) is 2. The van der Waals surface area contributed by atoms with Crippen molar-refractivity contribution in [3.8, 4) is 0 Å². The van der Waals surface area contributed by atoms with Crippen molar-refractivity contribution in [3.63, 3.8) is 0 Å². The quantitative estimate of drug-likeness (QED) is 0.714. The fourth-order valence-corrected chi connectivity index (χ4v) is 4.23. The minimum Gasteiger partial charge on any atom is -0.325 e. The summed E-state index contributed by atoms with van der Waals surface area (Å²) in [5.41, 5.74) is 2.70. The van der Waals surface area contributed by atoms with Gasteiger partial charge < -0.3 is 10.6 Å². The summed E-state index contributed by atoms with van der Waals surface area (Å²) in [5.74, 6) is -0.848. The first kappa shape index (κ1) is 18.7. The van der Waals surface area contributed by atoms with Gasteiger partial charge in [-0.1, -0.05) is 34.1 Å². The van der Waals surface area contributed by atoms with E-state index in [4.69, 9.17) is 0 Å². The van der Waals surface area contributed by atoms with E-state index in [1.807, 2.05) is 24.3 Å². The van der Waals surface area contributed by atoms with E-state index < -0.39 is 23.4 Å². The number of imide groups is 1. The lowest BCUT2D eigenvalue weighted by molar-refractivity contribution is -0.133. The topological polar surface area (TPSA) is 78.5 Å². The maximum absolute atomic E-state index is 12.9. The molecule has 1 atom stereocenters. The van der Waals surface area contributed by atoms with Crippen molar-refractivity contribution in [3.05, 3.63) is 63.6 Å². The number of hydrogen-bond acceptors (Lipinski definition) is 3. The van der Waals surface area contributed by atoms with Gasteiger partial charge in [0, 0.05) is 10.2 Å². The minimum atomic E-state index is -1.20. The first-order chi connectivity index (χ1) is 13.4. The number of anilines is 1. The number of carbonyl (C=O) groups is 3. The number of halogens is 1. The average Bonchev–Trinajstić information content (AvgIpc) is 3.20. The zero-order valence-electron chi connectivity index (χ0n) is 15.4. The van der Waals surface area contributed by atoms with Crippen LogP contribution in [0.1, 0.15) is 30.0 Å². The molecule has 1 aliphatic heterocycles. The molecule has 4 rings (SSSR count). The molecule has 2 N–H and O–H groups in total. The zero-order valence-corrected chi connectivity index (χ0v) is 17.0. The molecule has 1 aliphatic carbocycles. The summed E-state index contributed by atoms with van der Waals surface area (Å²) in [4.78, 5) is 38.8. The van der Waals surface area contributed by atoms with Gasteiger partial charge in [0.25, 0.3) is 5.91 Å². The fraction of sp³-hybridized carbons (Fsp3) is 0.286. The number of rotatable bonds is 4. The van der Waals surface area contributed by atoms with E-state index in [1.165, 1.54) is 11.1 Å². The number of benzene rings is 2. The van der Waals surface area contributed by atoms with Crippen molar-refractivity contribution in [1.82, 2.24) is 10.2 Å². The van der Waals surface area contributed by atoms with Crippen molar-refractivity contribution in [2.45, 2.75) is 31.7 Å². The van der Waals surface area contributed by atoms with Gasteiger partial charge in [-0.25, -0.2) is 4.79 Å². The highest BCUT2D eigenvalue weighted by Crippen LogP contribution is 2.30. The third kappa shape index (κ3) is 3.30. The van der Waals surface area contributed by atoms with Crippen molar-refractivity contribution < 1.29 is 14.4 Å². The molecule has 1 unspecified atom stereocenters. The molecule has 2 aromatic rings. The number of carbonyl (C=O) groups excluding carboxylic acids is 3. The number of fused-ring (bicyclic) bond motifs is 1. The fourth-order valence-electron chi connectivity index (χ4n) is 3.83. The zero-order chi connectivity index (χ0) is 19.9. The van der Waals surface area contributed by atoms with Crippen LogP contribution >= 0.6 is 15.9 Å². The molecule has 0 spiro atoms. The Kier molecular flexibility index (Phi) is 4.71. The van der Waals surface area contributed by atoms with Gasteiger partial charge in [0.1, 0.15) is 12.1 Å². The molecule has 0 bridgehead atoms. The maximum atomic E-state index is 12.9. The Hall–Kier alpha value is -2.67. The molecule has 1 heterocycles. The highest BCUT2D eigenvalue weighted by Gasteiger charge is 2.49. The van der Waals surface area contributed by atoms with Gasteiger partial charge in [-0.3, -0.25) is 14.5 Å². The molecular weight excluding hydrogens is 422 g/mol. The Labute approximate surface area is 171 Å². The molecule has 6 nitrogen and oxygen atoms in total. The summed E-state index contributed by atoms with van der Waals surface area (Å²) in [6, 6.07) is 12.5. The lowest BCUT2D eigenvalue weighted by atomic mass is 9.92. The van der Waals surface area contributed by atoms with Gasteiger partial charge >= 0.3 is 6.03 Å². The summed E-state index contributed by atoms with van der Waals surface area (Å²) >= 11 is 3.38. The monoisotopic (exact) mass is 441 g/mol. The van der Waals surface area contributed by atoms with Crippen LogP contribution in [0.25, 0.3) is 0 Å². The second-order valence-corrected chi connectivity index (χ2v) is 8.26. The number of nitrogens with one attached hydrogen (secondary N) is 2. The van der Waals surface area contributed by atoms with Crippen LogP contribution in [0.2, 0.25) is 0 Å². The molecule has 0 aromatic heterocycles. The molecule has 2 aliphatic rings. The third-order valence-electron chi connectivity index (χ3n) is 5.36. The summed E-state index contributed by atoms with van der Waals surface area (Å²) < 4.78 is 0.807. The van der Waals surface area contributed by atoms with Crippen LogP contribution in [0, 0.1) is 0 Å². The van der Waals surface area contributed by atoms with Gasteiger partial charge in [0.05, 0.1) is 0 Å². The van der Waals surface area contributed by atoms with E-state index in [1.54, 1.807) is 25.1 Å². The molecule has 0 radical (unpaired) electrons. The first-order valence-corrected chi connectivity index (χ1v) is 9.98. The highest BCUT2D eigenvalue weighted by molar-refractivity contribution is 9.10. The van der Waals surface area contributed by atoms with E-state index >= 15 is 0 Å². The highest BCUT2D eigenvalue weighted by atomic mass is 79.9. The standard InChI is InChI=1S/C21H20BrN3O3/c1-21(15-6-3-7-16(22)11-15)19(27)25(20(28)24-21)12-18(26)23-17-9-8-13-4-2-5-14(13)10-17/h3,6-11H,2,4-5,12H2,1H3,(H,23,26)(H,24,28). The Morgan fingerprint density at radius 2 is 1.96 bits per heavy atom. The molecule has 1 fully saturated rings. The van der Waals surface area contributed by atoms with Gasteiger partial charge in [0.2, 0.25) is 5.91 Å². The molecule has 2 aromatic carbocycles. The molecule has 28 heavy (non-hydrogen) atoms. The van der Waals surface area contributed by atoms with Crippen LogP contribution < -0.4 is 10.6 Å². The van der Waals surface area contributed by atoms with Crippen LogP contribution in [-0.2, 0) is 28.0 Å². The summed E-state index contributed by atoms with van der Waals surface area (Å²) in [5, 5.41) is 5.51. The minimum absolute atomic E-state index is 0.328. The Bertz CT molecular complexity index is 991. The van der Waals surface area contributed by atoms with Gasteiger partial charge in [-0.05, 0) is 67.1 Å². The van der Waals surface area contributed by atoms with Gasteiger partial charge in [-0.15, -0.1) is 0 Å². The Morgan fingerprint density at radius 3 is 2.75 bits per heavy atom. The van der Waals surface area contributed by atoms with Crippen LogP contribution in [-0.4, -0.2) is 29.3 Å². The van der Waals surface area contributed by atoms with Crippen molar-refractivity contribution in [1.29, 1.82) is 0 Å². The normalized spacial score (nSPS) is 20.9. The Balaban J connectivity index is 1.48. The SMILES string of the molecule is CC1(c2cccc(Br)c2)NC(=O)N(CC(=O)Nc2ccc3c(c2)CCC3)C1=O. The maximum Gasteiger partial charge on any atom is 0.325 e. The number of nitrogens with zero attached hydrogens (tertiary/aromatic N) is 1. The van der Waals surface area contributed by atoms with Crippen LogP contribution in [0.5, 0.6) is 0 Å². The first-order valence-electron chi connectivity index (χ1n) is 9.18. The largest absolute Gasteiger partial charge is 0.325 e. The van der Waals surface area contributed by atoms with Gasteiger partial charge in [0.15, 0.2) is 0 Å². The second-order valence-electron chi connectivity index (χ2n) is 7.34. The number of aryl methyl sites for hydroxylation is 2.